The predicted molar refractivity (Wildman–Crippen MR) is 144 cm³/mol. The number of carbonyl (C=O) groups excluding carboxylic acids is 2. The van der Waals surface area contributed by atoms with Crippen LogP contribution in [0.25, 0.3) is 11.0 Å². The van der Waals surface area contributed by atoms with Crippen molar-refractivity contribution in [3.8, 4) is 11.8 Å². The lowest BCUT2D eigenvalue weighted by atomic mass is 10.0. The molecule has 0 radical (unpaired) electrons. The molecule has 3 heterocycles. The van der Waals surface area contributed by atoms with Crippen molar-refractivity contribution in [2.24, 2.45) is 10.5 Å². The van der Waals surface area contributed by atoms with Gasteiger partial charge in [-0.05, 0) is 30.5 Å². The van der Waals surface area contributed by atoms with E-state index in [1.807, 2.05) is 18.2 Å². The molecule has 0 spiro atoms. The average molecular weight is 547 g/mol. The van der Waals surface area contributed by atoms with Gasteiger partial charge in [0.05, 0.1) is 46.5 Å². The smallest absolute Gasteiger partial charge is 0.274 e. The Bertz CT molecular complexity index is 1520. The number of aromatic nitrogens is 2. The fraction of sp³-hybridized carbons (Fsp3) is 0.393. The second-order valence-electron chi connectivity index (χ2n) is 10.2. The molecule has 1 N–H and O–H groups in total. The fourth-order valence-corrected chi connectivity index (χ4v) is 5.06. The van der Waals surface area contributed by atoms with Crippen molar-refractivity contribution in [2.75, 3.05) is 39.5 Å². The summed E-state index contributed by atoms with van der Waals surface area (Å²) >= 11 is 6.45. The van der Waals surface area contributed by atoms with Crippen LogP contribution in [0, 0.1) is 16.7 Å². The Morgan fingerprint density at radius 2 is 2.03 bits per heavy atom. The summed E-state index contributed by atoms with van der Waals surface area (Å²) in [5.74, 6) is 0.678. The van der Waals surface area contributed by atoms with Crippen LogP contribution in [0.2, 0.25) is 5.02 Å². The predicted octanol–water partition coefficient (Wildman–Crippen LogP) is 3.35. The monoisotopic (exact) mass is 546 g/mol. The van der Waals surface area contributed by atoms with Gasteiger partial charge in [-0.2, -0.15) is 10.4 Å². The van der Waals surface area contributed by atoms with Gasteiger partial charge in [-0.3, -0.25) is 9.59 Å². The number of halogens is 1. The van der Waals surface area contributed by atoms with Crippen LogP contribution < -0.4 is 4.74 Å². The van der Waals surface area contributed by atoms with E-state index in [0.29, 0.717) is 79.1 Å². The van der Waals surface area contributed by atoms with Crippen LogP contribution in [0.1, 0.15) is 34.6 Å². The van der Waals surface area contributed by atoms with E-state index in [1.165, 1.54) is 5.01 Å². The molecule has 0 unspecified atom stereocenters. The molecule has 2 aliphatic heterocycles. The Morgan fingerprint density at radius 3 is 2.79 bits per heavy atom. The van der Waals surface area contributed by atoms with Gasteiger partial charge in [0, 0.05) is 37.6 Å². The molecule has 11 heteroatoms. The number of hydrazone groups is 1. The third-order valence-corrected chi connectivity index (χ3v) is 7.63. The molecule has 6 rings (SSSR count). The van der Waals surface area contributed by atoms with Crippen molar-refractivity contribution in [1.82, 2.24) is 19.9 Å². The number of carbonyl (C=O) groups is 2. The number of rotatable bonds is 7. The fourth-order valence-electron chi connectivity index (χ4n) is 4.85. The molecule has 2 fully saturated rings. The van der Waals surface area contributed by atoms with E-state index in [4.69, 9.17) is 26.1 Å². The van der Waals surface area contributed by atoms with Gasteiger partial charge in [0.15, 0.2) is 0 Å². The summed E-state index contributed by atoms with van der Waals surface area (Å²) in [6.45, 7) is 2.13. The van der Waals surface area contributed by atoms with E-state index < -0.39 is 5.41 Å². The Balaban J connectivity index is 1.25. The van der Waals surface area contributed by atoms with Gasteiger partial charge in [0.2, 0.25) is 5.91 Å². The summed E-state index contributed by atoms with van der Waals surface area (Å²) in [6.07, 6.45) is 2.47. The van der Waals surface area contributed by atoms with Crippen molar-refractivity contribution in [2.45, 2.75) is 25.7 Å². The Morgan fingerprint density at radius 1 is 1.23 bits per heavy atom. The van der Waals surface area contributed by atoms with Gasteiger partial charge in [-0.1, -0.05) is 29.8 Å². The number of hydrogen-bond acceptors (Lipinski definition) is 7. The third-order valence-electron chi connectivity index (χ3n) is 7.34. The Labute approximate surface area is 230 Å². The average Bonchev–Trinajstić information content (AvgIpc) is 3.66. The van der Waals surface area contributed by atoms with Crippen molar-refractivity contribution < 1.29 is 19.1 Å². The number of amides is 2. The summed E-state index contributed by atoms with van der Waals surface area (Å²) < 4.78 is 11.2. The molecule has 1 saturated carbocycles. The Kier molecular flexibility index (Phi) is 6.71. The molecule has 1 aromatic heterocycles. The lowest BCUT2D eigenvalue weighted by Crippen LogP contribution is -2.46. The molecular formula is C28H27ClN6O4. The zero-order valence-corrected chi connectivity index (χ0v) is 22.0. The number of morpholine rings is 1. The lowest BCUT2D eigenvalue weighted by Gasteiger charge is -2.28. The van der Waals surface area contributed by atoms with Crippen LogP contribution in [0.4, 0.5) is 0 Å². The maximum atomic E-state index is 13.4. The summed E-state index contributed by atoms with van der Waals surface area (Å²) in [5.41, 5.74) is 3.11. The SMILES string of the molecule is N#CC1(COc2cc3nc(CC4=NN(CC(=O)N5CCOCC5)C(=O)c5ccccc5C4)[nH]c3cc2Cl)CC1. The number of nitrogens with zero attached hydrogens (tertiary/aromatic N) is 5. The third kappa shape index (κ3) is 5.33. The van der Waals surface area contributed by atoms with Gasteiger partial charge in [-0.15, -0.1) is 0 Å². The largest absolute Gasteiger partial charge is 0.490 e. The van der Waals surface area contributed by atoms with Crippen LogP contribution in [0.3, 0.4) is 0 Å². The first kappa shape index (κ1) is 25.3. The van der Waals surface area contributed by atoms with Crippen LogP contribution in [0.5, 0.6) is 5.75 Å². The zero-order valence-electron chi connectivity index (χ0n) is 21.3. The van der Waals surface area contributed by atoms with Gasteiger partial charge < -0.3 is 19.4 Å². The van der Waals surface area contributed by atoms with Crippen molar-refractivity contribution >= 4 is 40.2 Å². The number of imidazole rings is 1. The molecule has 1 saturated heterocycles. The lowest BCUT2D eigenvalue weighted by molar-refractivity contribution is -0.135. The highest BCUT2D eigenvalue weighted by Gasteiger charge is 2.44. The van der Waals surface area contributed by atoms with Gasteiger partial charge in [0.25, 0.3) is 5.91 Å². The van der Waals surface area contributed by atoms with E-state index in [-0.39, 0.29) is 18.4 Å². The topological polar surface area (TPSA) is 124 Å². The van der Waals surface area contributed by atoms with E-state index in [9.17, 15) is 14.9 Å². The summed E-state index contributed by atoms with van der Waals surface area (Å²) in [6, 6.07) is 13.2. The van der Waals surface area contributed by atoms with Crippen molar-refractivity contribution in [3.05, 3.63) is 58.4 Å². The summed E-state index contributed by atoms with van der Waals surface area (Å²) in [4.78, 5) is 36.1. The number of nitriles is 1. The molecule has 200 valence electrons. The quantitative estimate of drug-likeness (QED) is 0.484. The molecule has 1 aliphatic carbocycles. The van der Waals surface area contributed by atoms with Gasteiger partial charge in [0.1, 0.15) is 24.7 Å². The zero-order chi connectivity index (χ0) is 27.0. The molecule has 2 aromatic carbocycles. The molecule has 0 bridgehead atoms. The highest BCUT2D eigenvalue weighted by molar-refractivity contribution is 6.32. The minimum absolute atomic E-state index is 0.142. The first-order chi connectivity index (χ1) is 18.9. The van der Waals surface area contributed by atoms with Crippen molar-refractivity contribution in [1.29, 1.82) is 5.26 Å². The molecule has 0 atom stereocenters. The van der Waals surface area contributed by atoms with Crippen LogP contribution in [0.15, 0.2) is 41.5 Å². The molecule has 3 aromatic rings. The standard InChI is InChI=1S/C28H27ClN6O4/c29-21-13-22-23(14-24(21)39-17-28(16-30)5-6-28)32-25(31-22)12-19-11-18-3-1-2-4-20(18)27(37)35(33-19)15-26(36)34-7-9-38-10-8-34/h1-4,13-14H,5-12,15,17H2,(H,31,32). The molecule has 3 aliphatic rings. The second-order valence-corrected chi connectivity index (χ2v) is 10.6. The maximum Gasteiger partial charge on any atom is 0.274 e. The number of aromatic amines is 1. The number of hydrogen-bond donors (Lipinski definition) is 1. The van der Waals surface area contributed by atoms with E-state index in [1.54, 1.807) is 23.1 Å². The first-order valence-electron chi connectivity index (χ1n) is 13.0. The van der Waals surface area contributed by atoms with Crippen LogP contribution in [-0.2, 0) is 22.4 Å². The molecule has 10 nitrogen and oxygen atoms in total. The molecule has 39 heavy (non-hydrogen) atoms. The van der Waals surface area contributed by atoms with Gasteiger partial charge >= 0.3 is 0 Å². The number of H-pyrrole nitrogens is 1. The minimum atomic E-state index is -0.407. The Hall–Kier alpha value is -3.94. The van der Waals surface area contributed by atoms with Crippen LogP contribution >= 0.6 is 11.6 Å². The summed E-state index contributed by atoms with van der Waals surface area (Å²) in [7, 11) is 0. The normalized spacial score (nSPS) is 18.3. The number of fused-ring (bicyclic) bond motifs is 2. The maximum absolute atomic E-state index is 13.4. The highest BCUT2D eigenvalue weighted by Crippen LogP contribution is 2.45. The number of nitrogens with one attached hydrogen (secondary N) is 1. The van der Waals surface area contributed by atoms with E-state index >= 15 is 0 Å². The summed E-state index contributed by atoms with van der Waals surface area (Å²) in [5, 5.41) is 15.7. The first-order valence-corrected chi connectivity index (χ1v) is 13.3. The minimum Gasteiger partial charge on any atom is -0.490 e. The van der Waals surface area contributed by atoms with E-state index in [2.05, 4.69) is 16.2 Å². The molecule has 2 amide bonds. The molecular weight excluding hydrogens is 520 g/mol. The second kappa shape index (κ2) is 10.3. The highest BCUT2D eigenvalue weighted by atomic mass is 35.5. The number of ether oxygens (including phenoxy) is 2. The number of benzene rings is 2. The van der Waals surface area contributed by atoms with Crippen molar-refractivity contribution in [3.63, 3.8) is 0 Å². The van der Waals surface area contributed by atoms with Gasteiger partial charge in [-0.25, -0.2) is 9.99 Å². The van der Waals surface area contributed by atoms with E-state index in [0.717, 1.165) is 23.9 Å². The van der Waals surface area contributed by atoms with Crippen LogP contribution in [-0.4, -0.2) is 76.9 Å².